The fourth-order valence-electron chi connectivity index (χ4n) is 3.09. The highest BCUT2D eigenvalue weighted by atomic mass is 35.5. The van der Waals surface area contributed by atoms with Crippen LogP contribution in [0.15, 0.2) is 42.5 Å². The van der Waals surface area contributed by atoms with Crippen molar-refractivity contribution in [3.63, 3.8) is 0 Å². The van der Waals surface area contributed by atoms with Gasteiger partial charge < -0.3 is 15.4 Å². The Balaban J connectivity index is 1.73. The van der Waals surface area contributed by atoms with Gasteiger partial charge in [0.05, 0.1) is 29.4 Å². The highest BCUT2D eigenvalue weighted by Crippen LogP contribution is 2.30. The van der Waals surface area contributed by atoms with E-state index in [1.165, 1.54) is 18.2 Å². The molecule has 6 heteroatoms. The summed E-state index contributed by atoms with van der Waals surface area (Å²) in [6, 6.07) is 13.5. The largest absolute Gasteiger partial charge is 0.465 e. The quantitative estimate of drug-likeness (QED) is 0.612. The maximum absolute atomic E-state index is 11.7. The lowest BCUT2D eigenvalue weighted by molar-refractivity contribution is 0.0601. The van der Waals surface area contributed by atoms with Crippen LogP contribution in [-0.4, -0.2) is 18.2 Å². The number of benzene rings is 2. The molecular formula is C19H19ClN2O2S. The predicted octanol–water partition coefficient (Wildman–Crippen LogP) is 4.49. The smallest absolute Gasteiger partial charge is 0.337 e. The summed E-state index contributed by atoms with van der Waals surface area (Å²) >= 11 is 11.7. The molecule has 0 heterocycles. The third-order valence-electron chi connectivity index (χ3n) is 4.31. The average Bonchev–Trinajstić information content (AvgIpc) is 2.63. The molecule has 0 saturated heterocycles. The molecule has 4 nitrogen and oxygen atoms in total. The summed E-state index contributed by atoms with van der Waals surface area (Å²) in [5, 5.41) is 7.41. The molecule has 0 aliphatic heterocycles. The second-order valence-corrected chi connectivity index (χ2v) is 6.74. The van der Waals surface area contributed by atoms with E-state index >= 15 is 0 Å². The van der Waals surface area contributed by atoms with Crippen molar-refractivity contribution in [1.82, 2.24) is 5.32 Å². The van der Waals surface area contributed by atoms with Gasteiger partial charge in [0.15, 0.2) is 5.11 Å². The van der Waals surface area contributed by atoms with E-state index in [9.17, 15) is 4.79 Å². The van der Waals surface area contributed by atoms with E-state index in [4.69, 9.17) is 28.6 Å². The zero-order chi connectivity index (χ0) is 17.8. The topological polar surface area (TPSA) is 50.4 Å². The fraction of sp³-hybridized carbons (Fsp3) is 0.263. The number of carbonyl (C=O) groups excluding carboxylic acids is 1. The van der Waals surface area contributed by atoms with Crippen molar-refractivity contribution in [3.8, 4) is 0 Å². The molecule has 0 radical (unpaired) electrons. The first-order chi connectivity index (χ1) is 12.1. The first kappa shape index (κ1) is 17.7. The predicted molar refractivity (Wildman–Crippen MR) is 104 cm³/mol. The van der Waals surface area contributed by atoms with Crippen molar-refractivity contribution in [2.75, 3.05) is 12.4 Å². The Morgan fingerprint density at radius 3 is 2.88 bits per heavy atom. The fourth-order valence-corrected chi connectivity index (χ4v) is 3.50. The number of nitrogens with one attached hydrogen (secondary N) is 2. The molecule has 2 N–H and O–H groups in total. The van der Waals surface area contributed by atoms with Crippen LogP contribution in [0.3, 0.4) is 0 Å². The van der Waals surface area contributed by atoms with Gasteiger partial charge in [0.25, 0.3) is 0 Å². The van der Waals surface area contributed by atoms with Gasteiger partial charge in [0.2, 0.25) is 0 Å². The summed E-state index contributed by atoms with van der Waals surface area (Å²) in [5.41, 5.74) is 3.64. The number of thiocarbonyl (C=S) groups is 1. The number of hydrogen-bond donors (Lipinski definition) is 2. The second kappa shape index (κ2) is 7.85. The summed E-state index contributed by atoms with van der Waals surface area (Å²) in [7, 11) is 1.34. The van der Waals surface area contributed by atoms with Crippen molar-refractivity contribution in [1.29, 1.82) is 0 Å². The average molecular weight is 375 g/mol. The van der Waals surface area contributed by atoms with Crippen LogP contribution in [-0.2, 0) is 11.2 Å². The molecule has 130 valence electrons. The first-order valence-corrected chi connectivity index (χ1v) is 8.90. The Bertz CT molecular complexity index is 810. The number of fused-ring (bicyclic) bond motifs is 1. The Morgan fingerprint density at radius 2 is 2.08 bits per heavy atom. The molecule has 0 bridgehead atoms. The van der Waals surface area contributed by atoms with Gasteiger partial charge in [0.1, 0.15) is 0 Å². The molecular weight excluding hydrogens is 356 g/mol. The third kappa shape index (κ3) is 4.11. The zero-order valence-electron chi connectivity index (χ0n) is 13.8. The van der Waals surface area contributed by atoms with Crippen molar-refractivity contribution < 1.29 is 9.53 Å². The number of hydrogen-bond acceptors (Lipinski definition) is 3. The monoisotopic (exact) mass is 374 g/mol. The lowest BCUT2D eigenvalue weighted by Crippen LogP contribution is -2.34. The van der Waals surface area contributed by atoms with Gasteiger partial charge in [-0.15, -0.1) is 0 Å². The Hall–Kier alpha value is -2.11. The van der Waals surface area contributed by atoms with Crippen molar-refractivity contribution in [3.05, 3.63) is 64.2 Å². The molecule has 25 heavy (non-hydrogen) atoms. The van der Waals surface area contributed by atoms with E-state index in [0.29, 0.717) is 21.4 Å². The van der Waals surface area contributed by atoms with E-state index in [1.54, 1.807) is 18.2 Å². The Morgan fingerprint density at radius 1 is 1.28 bits per heavy atom. The maximum Gasteiger partial charge on any atom is 0.337 e. The Labute approximate surface area is 157 Å². The van der Waals surface area contributed by atoms with Crippen molar-refractivity contribution >= 4 is 40.6 Å². The maximum atomic E-state index is 11.7. The van der Waals surface area contributed by atoms with E-state index in [2.05, 4.69) is 28.8 Å². The second-order valence-electron chi connectivity index (χ2n) is 5.93. The molecule has 1 aliphatic rings. The number of methoxy groups -OCH3 is 1. The number of esters is 1. The van der Waals surface area contributed by atoms with E-state index in [1.807, 2.05) is 6.07 Å². The van der Waals surface area contributed by atoms with Crippen molar-refractivity contribution in [2.45, 2.75) is 25.3 Å². The molecule has 0 aromatic heterocycles. The number of halogens is 1. The van der Waals surface area contributed by atoms with E-state index < -0.39 is 5.97 Å². The summed E-state index contributed by atoms with van der Waals surface area (Å²) in [6.45, 7) is 0. The van der Waals surface area contributed by atoms with Gasteiger partial charge in [-0.1, -0.05) is 35.9 Å². The Kier molecular flexibility index (Phi) is 5.56. The van der Waals surface area contributed by atoms with Crippen LogP contribution in [0.25, 0.3) is 0 Å². The van der Waals surface area contributed by atoms with Gasteiger partial charge in [-0.05, 0) is 60.8 Å². The highest BCUT2D eigenvalue weighted by molar-refractivity contribution is 7.80. The molecule has 2 aromatic rings. The van der Waals surface area contributed by atoms with Crippen LogP contribution in [0.4, 0.5) is 5.69 Å². The standard InChI is InChI=1S/C19H19ClN2O2S/c1-24-18(23)13-9-10-15(20)17(11-13)22-19(25)21-16-8-4-6-12-5-2-3-7-14(12)16/h2-3,5,7,9-11,16H,4,6,8H2,1H3,(H2,21,22,25)/t16-/m0/s1. The van der Waals surface area contributed by atoms with Crippen LogP contribution in [0.5, 0.6) is 0 Å². The van der Waals surface area contributed by atoms with Crippen LogP contribution in [0, 0.1) is 0 Å². The summed E-state index contributed by atoms with van der Waals surface area (Å²) < 4.78 is 4.74. The first-order valence-electron chi connectivity index (χ1n) is 8.11. The molecule has 0 saturated carbocycles. The van der Waals surface area contributed by atoms with Gasteiger partial charge >= 0.3 is 5.97 Å². The van der Waals surface area contributed by atoms with E-state index in [0.717, 1.165) is 19.3 Å². The summed E-state index contributed by atoms with van der Waals surface area (Å²) in [4.78, 5) is 11.7. The number of ether oxygens (including phenoxy) is 1. The van der Waals surface area contributed by atoms with Gasteiger partial charge in [-0.2, -0.15) is 0 Å². The number of carbonyl (C=O) groups is 1. The van der Waals surface area contributed by atoms with Crippen molar-refractivity contribution in [2.24, 2.45) is 0 Å². The lowest BCUT2D eigenvalue weighted by Gasteiger charge is -2.27. The van der Waals surface area contributed by atoms with Gasteiger partial charge in [-0.3, -0.25) is 0 Å². The minimum atomic E-state index is -0.417. The number of aryl methyl sites for hydroxylation is 1. The molecule has 1 atom stereocenters. The third-order valence-corrected chi connectivity index (χ3v) is 4.86. The summed E-state index contributed by atoms with van der Waals surface area (Å²) in [6.07, 6.45) is 3.24. The molecule has 0 unspecified atom stereocenters. The molecule has 0 fully saturated rings. The normalized spacial score (nSPS) is 15.8. The molecule has 2 aromatic carbocycles. The van der Waals surface area contributed by atoms with Crippen LogP contribution in [0.2, 0.25) is 5.02 Å². The van der Waals surface area contributed by atoms with E-state index in [-0.39, 0.29) is 6.04 Å². The molecule has 0 spiro atoms. The minimum absolute atomic E-state index is 0.174. The van der Waals surface area contributed by atoms with Crippen LogP contribution < -0.4 is 10.6 Å². The SMILES string of the molecule is COC(=O)c1ccc(Cl)c(NC(=S)N[C@H]2CCCc3ccccc32)c1. The highest BCUT2D eigenvalue weighted by Gasteiger charge is 2.20. The minimum Gasteiger partial charge on any atom is -0.465 e. The molecule has 0 amide bonds. The lowest BCUT2D eigenvalue weighted by atomic mass is 9.88. The number of rotatable bonds is 3. The van der Waals surface area contributed by atoms with Gasteiger partial charge in [-0.25, -0.2) is 4.79 Å². The number of anilines is 1. The summed E-state index contributed by atoms with van der Waals surface area (Å²) in [5.74, 6) is -0.417. The van der Waals surface area contributed by atoms with Crippen LogP contribution in [0.1, 0.15) is 40.4 Å². The molecule has 1 aliphatic carbocycles. The zero-order valence-corrected chi connectivity index (χ0v) is 15.4. The molecule has 3 rings (SSSR count). The van der Waals surface area contributed by atoms with Gasteiger partial charge in [0, 0.05) is 0 Å². The van der Waals surface area contributed by atoms with Crippen LogP contribution >= 0.6 is 23.8 Å².